The highest BCUT2D eigenvalue weighted by Gasteiger charge is 2.20. The molecule has 1 aliphatic rings. The number of para-hydroxylation sites is 1. The number of carbonyl (C=O) groups is 2. The average molecular weight is 416 g/mol. The van der Waals surface area contributed by atoms with E-state index in [1.807, 2.05) is 36.2 Å². The Kier molecular flexibility index (Phi) is 5.93. The molecule has 1 aliphatic heterocycles. The quantitative estimate of drug-likeness (QED) is 0.834. The lowest BCUT2D eigenvalue weighted by Crippen LogP contribution is -2.36. The summed E-state index contributed by atoms with van der Waals surface area (Å²) >= 11 is 3.35. The molecule has 0 radical (unpaired) electrons. The van der Waals surface area contributed by atoms with Crippen molar-refractivity contribution in [2.24, 2.45) is 0 Å². The molecule has 0 saturated heterocycles. The van der Waals surface area contributed by atoms with Gasteiger partial charge >= 0.3 is 0 Å². The van der Waals surface area contributed by atoms with Crippen LogP contribution in [0.3, 0.4) is 0 Å². The molecule has 0 atom stereocenters. The van der Waals surface area contributed by atoms with E-state index in [1.165, 1.54) is 5.69 Å². The van der Waals surface area contributed by atoms with Gasteiger partial charge in [0.25, 0.3) is 5.91 Å². The lowest BCUT2D eigenvalue weighted by molar-refractivity contribution is -0.131. The van der Waals surface area contributed by atoms with Crippen LogP contribution < -0.4 is 10.2 Å². The molecule has 0 bridgehead atoms. The molecule has 6 heteroatoms. The highest BCUT2D eigenvalue weighted by molar-refractivity contribution is 9.10. The van der Waals surface area contributed by atoms with Gasteiger partial charge in [-0.1, -0.05) is 34.1 Å². The minimum atomic E-state index is -0.161. The van der Waals surface area contributed by atoms with Gasteiger partial charge in [-0.3, -0.25) is 9.59 Å². The van der Waals surface area contributed by atoms with Crippen LogP contribution in [0.15, 0.2) is 53.0 Å². The molecule has 136 valence electrons. The summed E-state index contributed by atoms with van der Waals surface area (Å²) in [5, 5.41) is 2.82. The Morgan fingerprint density at radius 3 is 2.58 bits per heavy atom. The highest BCUT2D eigenvalue weighted by atomic mass is 79.9. The van der Waals surface area contributed by atoms with E-state index < -0.39 is 0 Å². The third kappa shape index (κ3) is 4.43. The van der Waals surface area contributed by atoms with E-state index in [9.17, 15) is 9.59 Å². The molecular formula is C20H22BrN3O2. The molecule has 1 N–H and O–H groups in total. The van der Waals surface area contributed by atoms with Crippen molar-refractivity contribution in [2.75, 3.05) is 31.6 Å². The highest BCUT2D eigenvalue weighted by Crippen LogP contribution is 2.23. The Bertz CT molecular complexity index is 792. The number of carbonyl (C=O) groups excluding carboxylic acids is 2. The lowest BCUT2D eigenvalue weighted by Gasteiger charge is -2.21. The van der Waals surface area contributed by atoms with Gasteiger partial charge in [0.2, 0.25) is 5.91 Å². The summed E-state index contributed by atoms with van der Waals surface area (Å²) in [7, 11) is 2.05. The number of rotatable bonds is 4. The van der Waals surface area contributed by atoms with Crippen LogP contribution in [0.2, 0.25) is 0 Å². The zero-order valence-electron chi connectivity index (χ0n) is 14.7. The Hall–Kier alpha value is -2.34. The summed E-state index contributed by atoms with van der Waals surface area (Å²) in [4.78, 5) is 28.7. The molecule has 2 aromatic rings. The maximum absolute atomic E-state index is 12.6. The van der Waals surface area contributed by atoms with E-state index in [0.29, 0.717) is 31.6 Å². The number of hydrogen-bond acceptors (Lipinski definition) is 3. The molecule has 0 aromatic heterocycles. The SMILES string of the molecule is CN1CCN(C(=O)CCNC(=O)c2ccc(Br)cc2)Cc2ccccc21. The molecule has 2 aromatic carbocycles. The molecular weight excluding hydrogens is 394 g/mol. The van der Waals surface area contributed by atoms with Crippen molar-refractivity contribution in [1.82, 2.24) is 10.2 Å². The lowest BCUT2D eigenvalue weighted by atomic mass is 10.1. The Morgan fingerprint density at radius 2 is 1.81 bits per heavy atom. The number of halogens is 1. The third-order valence-corrected chi connectivity index (χ3v) is 5.08. The molecule has 0 fully saturated rings. The second-order valence-electron chi connectivity index (χ2n) is 6.38. The Labute approximate surface area is 162 Å². The number of amides is 2. The van der Waals surface area contributed by atoms with E-state index >= 15 is 0 Å². The van der Waals surface area contributed by atoms with E-state index in [-0.39, 0.29) is 11.8 Å². The molecule has 0 aliphatic carbocycles. The van der Waals surface area contributed by atoms with Gasteiger partial charge in [0.1, 0.15) is 0 Å². The van der Waals surface area contributed by atoms with Crippen molar-refractivity contribution in [1.29, 1.82) is 0 Å². The summed E-state index contributed by atoms with van der Waals surface area (Å²) in [5.41, 5.74) is 2.91. The number of hydrogen-bond donors (Lipinski definition) is 1. The maximum atomic E-state index is 12.6. The molecule has 3 rings (SSSR count). The van der Waals surface area contributed by atoms with Gasteiger partial charge in [0.05, 0.1) is 0 Å². The normalized spacial score (nSPS) is 13.8. The molecule has 0 unspecified atom stereocenters. The van der Waals surface area contributed by atoms with Gasteiger partial charge in [-0.2, -0.15) is 0 Å². The van der Waals surface area contributed by atoms with E-state index in [2.05, 4.69) is 38.3 Å². The summed E-state index contributed by atoms with van der Waals surface area (Å²) in [6.07, 6.45) is 0.300. The predicted octanol–water partition coefficient (Wildman–Crippen LogP) is 3.05. The van der Waals surface area contributed by atoms with Crippen molar-refractivity contribution in [3.63, 3.8) is 0 Å². The number of fused-ring (bicyclic) bond motifs is 1. The van der Waals surface area contributed by atoms with Gasteiger partial charge in [0.15, 0.2) is 0 Å². The van der Waals surface area contributed by atoms with Crippen molar-refractivity contribution in [3.05, 3.63) is 64.1 Å². The van der Waals surface area contributed by atoms with Gasteiger partial charge in [-0.15, -0.1) is 0 Å². The number of anilines is 1. The van der Waals surface area contributed by atoms with Crippen LogP contribution in [-0.2, 0) is 11.3 Å². The second kappa shape index (κ2) is 8.36. The van der Waals surface area contributed by atoms with Crippen LogP contribution in [0.5, 0.6) is 0 Å². The Balaban J connectivity index is 1.54. The van der Waals surface area contributed by atoms with Crippen LogP contribution in [-0.4, -0.2) is 43.4 Å². The third-order valence-electron chi connectivity index (χ3n) is 4.55. The van der Waals surface area contributed by atoms with Crippen molar-refractivity contribution < 1.29 is 9.59 Å². The summed E-state index contributed by atoms with van der Waals surface area (Å²) in [6.45, 7) is 2.43. The number of benzene rings is 2. The van der Waals surface area contributed by atoms with Gasteiger partial charge in [-0.25, -0.2) is 0 Å². The van der Waals surface area contributed by atoms with Crippen LogP contribution in [0, 0.1) is 0 Å². The van der Waals surface area contributed by atoms with Gasteiger partial charge in [-0.05, 0) is 35.9 Å². The minimum absolute atomic E-state index is 0.0613. The summed E-state index contributed by atoms with van der Waals surface area (Å²) in [5.74, 6) is -0.0996. The first-order valence-corrected chi connectivity index (χ1v) is 9.44. The van der Waals surface area contributed by atoms with Crippen molar-refractivity contribution >= 4 is 33.4 Å². The molecule has 0 spiro atoms. The molecule has 2 amide bonds. The fraction of sp³-hybridized carbons (Fsp3) is 0.300. The van der Waals surface area contributed by atoms with E-state index in [1.54, 1.807) is 12.1 Å². The zero-order chi connectivity index (χ0) is 18.5. The van der Waals surface area contributed by atoms with Crippen molar-refractivity contribution in [2.45, 2.75) is 13.0 Å². The van der Waals surface area contributed by atoms with Crippen LogP contribution >= 0.6 is 15.9 Å². The fourth-order valence-corrected chi connectivity index (χ4v) is 3.31. The number of likely N-dealkylation sites (N-methyl/N-ethyl adjacent to an activating group) is 1. The average Bonchev–Trinajstić information content (AvgIpc) is 2.81. The second-order valence-corrected chi connectivity index (χ2v) is 7.29. The Morgan fingerprint density at radius 1 is 1.08 bits per heavy atom. The molecule has 0 saturated carbocycles. The first-order chi connectivity index (χ1) is 12.5. The van der Waals surface area contributed by atoms with E-state index in [0.717, 1.165) is 16.6 Å². The first-order valence-electron chi connectivity index (χ1n) is 8.65. The largest absolute Gasteiger partial charge is 0.373 e. The first kappa shape index (κ1) is 18.5. The topological polar surface area (TPSA) is 52.6 Å². The molecule has 5 nitrogen and oxygen atoms in total. The predicted molar refractivity (Wildman–Crippen MR) is 106 cm³/mol. The van der Waals surface area contributed by atoms with Crippen LogP contribution in [0.1, 0.15) is 22.3 Å². The van der Waals surface area contributed by atoms with Gasteiger partial charge < -0.3 is 15.1 Å². The van der Waals surface area contributed by atoms with Crippen LogP contribution in [0.25, 0.3) is 0 Å². The van der Waals surface area contributed by atoms with Gasteiger partial charge in [0, 0.05) is 55.4 Å². The number of nitrogens with zero attached hydrogens (tertiary/aromatic N) is 2. The molecule has 1 heterocycles. The number of nitrogens with one attached hydrogen (secondary N) is 1. The fourth-order valence-electron chi connectivity index (χ4n) is 3.05. The summed E-state index contributed by atoms with van der Waals surface area (Å²) < 4.78 is 0.927. The minimum Gasteiger partial charge on any atom is -0.373 e. The smallest absolute Gasteiger partial charge is 0.251 e. The standard InChI is InChI=1S/C20H22BrN3O2/c1-23-12-13-24(14-16-4-2-3-5-18(16)23)19(25)10-11-22-20(26)15-6-8-17(21)9-7-15/h2-9H,10-14H2,1H3,(H,22,26). The van der Waals surface area contributed by atoms with Crippen LogP contribution in [0.4, 0.5) is 5.69 Å². The zero-order valence-corrected chi connectivity index (χ0v) is 16.3. The maximum Gasteiger partial charge on any atom is 0.251 e. The summed E-state index contributed by atoms with van der Waals surface area (Å²) in [6, 6.07) is 15.3. The van der Waals surface area contributed by atoms with Crippen molar-refractivity contribution in [3.8, 4) is 0 Å². The molecule has 26 heavy (non-hydrogen) atoms. The van der Waals surface area contributed by atoms with E-state index in [4.69, 9.17) is 0 Å². The monoisotopic (exact) mass is 415 g/mol.